The maximum Gasteiger partial charge on any atom is 0.407 e. The molecule has 1 aromatic carbocycles. The van der Waals surface area contributed by atoms with Crippen molar-refractivity contribution in [2.75, 3.05) is 18.9 Å². The highest BCUT2D eigenvalue weighted by atomic mass is 32.2. The zero-order valence-corrected chi connectivity index (χ0v) is 27.5. The van der Waals surface area contributed by atoms with Gasteiger partial charge in [0.1, 0.15) is 18.7 Å². The van der Waals surface area contributed by atoms with Crippen molar-refractivity contribution in [3.05, 3.63) is 35.4 Å². The fourth-order valence-corrected chi connectivity index (χ4v) is 8.29. The first-order valence-electron chi connectivity index (χ1n) is 14.8. The van der Waals surface area contributed by atoms with E-state index in [-0.39, 0.29) is 41.4 Å². The molecular weight excluding hydrogens is 585 g/mol. The number of nitrogens with zero attached hydrogens (tertiary/aromatic N) is 2. The van der Waals surface area contributed by atoms with Gasteiger partial charge in [0.05, 0.1) is 28.6 Å². The van der Waals surface area contributed by atoms with E-state index in [0.717, 1.165) is 11.1 Å². The summed E-state index contributed by atoms with van der Waals surface area (Å²) in [5.41, 5.74) is 1.36. The number of fused-ring (bicyclic) bond motifs is 2. The Morgan fingerprint density at radius 1 is 1.30 bits per heavy atom. The Labute approximate surface area is 264 Å². The van der Waals surface area contributed by atoms with Gasteiger partial charge in [-0.2, -0.15) is 0 Å². The number of amides is 3. The van der Waals surface area contributed by atoms with E-state index >= 15 is 0 Å². The van der Waals surface area contributed by atoms with Crippen molar-refractivity contribution >= 4 is 46.9 Å². The monoisotopic (exact) mass is 628 g/mol. The molecule has 0 spiro atoms. The highest BCUT2D eigenvalue weighted by molar-refractivity contribution is 7.99. The van der Waals surface area contributed by atoms with Crippen molar-refractivity contribution in [1.82, 2.24) is 20.4 Å². The number of thioether (sulfide) groups is 1. The lowest BCUT2D eigenvalue weighted by molar-refractivity contribution is -0.143. The fourth-order valence-electron chi connectivity index (χ4n) is 6.44. The summed E-state index contributed by atoms with van der Waals surface area (Å²) < 4.78 is 5.95. The molecule has 2 aliphatic heterocycles. The number of benzene rings is 1. The predicted octanol–water partition coefficient (Wildman–Crippen LogP) is 4.21. The highest BCUT2D eigenvalue weighted by Gasteiger charge is 2.55. The molecule has 43 heavy (non-hydrogen) atoms. The number of hydrogen-bond donors (Lipinski definition) is 3. The molecule has 0 radical (unpaired) electrons. The zero-order valence-electron chi connectivity index (χ0n) is 25.9. The minimum Gasteiger partial charge on any atom is -0.465 e. The molecule has 2 fully saturated rings. The number of rotatable bonds is 8. The summed E-state index contributed by atoms with van der Waals surface area (Å²) in [6, 6.07) is 5.57. The number of carboxylic acid groups (broad SMARTS) is 1. The van der Waals surface area contributed by atoms with Crippen LogP contribution in [-0.2, 0) is 20.7 Å². The number of terminal acetylenes is 1. The molecule has 3 aliphatic rings. The van der Waals surface area contributed by atoms with Gasteiger partial charge in [0.15, 0.2) is 0 Å². The van der Waals surface area contributed by atoms with Crippen molar-refractivity contribution in [3.8, 4) is 12.3 Å². The van der Waals surface area contributed by atoms with Crippen LogP contribution >= 0.6 is 24.0 Å². The standard InChI is InChI=1S/C32H44N4O5S2/c1-8-14-41-23-16-20-11-9-10-12-21(20)25(23)34-27(37)26-32(6,7)17-24-36(26)29(38)22(13-15-43-24)33-28(42)19(2)35(30(39)40)18-31(3,4)5/h1,9-12,19,22-26H,13-18H2,2-7H3,(H,33,42)(H,34,37)(H,39,40)/t19?,22-,23+,24-,25-,26+/m0/s1. The minimum absolute atomic E-state index is 0.143. The molecule has 1 aromatic rings. The smallest absolute Gasteiger partial charge is 0.407 e. The Hall–Kier alpha value is -2.81. The number of hydrogen-bond acceptors (Lipinski definition) is 6. The molecule has 1 aliphatic carbocycles. The first kappa shape index (κ1) is 33.1. The van der Waals surface area contributed by atoms with Gasteiger partial charge in [-0.3, -0.25) is 14.5 Å². The lowest BCUT2D eigenvalue weighted by Crippen LogP contribution is -2.59. The van der Waals surface area contributed by atoms with Gasteiger partial charge in [-0.25, -0.2) is 4.79 Å². The van der Waals surface area contributed by atoms with Gasteiger partial charge in [0.25, 0.3) is 0 Å². The summed E-state index contributed by atoms with van der Waals surface area (Å²) in [5, 5.41) is 16.2. The van der Waals surface area contributed by atoms with Crippen molar-refractivity contribution in [3.63, 3.8) is 0 Å². The first-order valence-corrected chi connectivity index (χ1v) is 16.3. The Morgan fingerprint density at radius 2 is 2.00 bits per heavy atom. The lowest BCUT2D eigenvalue weighted by atomic mass is 9.83. The second-order valence-corrected chi connectivity index (χ2v) is 15.3. The van der Waals surface area contributed by atoms with Gasteiger partial charge < -0.3 is 25.4 Å². The molecule has 9 nitrogen and oxygen atoms in total. The van der Waals surface area contributed by atoms with E-state index in [1.807, 2.05) is 58.9 Å². The Kier molecular flexibility index (Phi) is 10.0. The summed E-state index contributed by atoms with van der Waals surface area (Å²) in [4.78, 5) is 43.8. The molecule has 234 valence electrons. The van der Waals surface area contributed by atoms with Crippen LogP contribution in [0, 0.1) is 23.2 Å². The molecule has 1 unspecified atom stereocenters. The van der Waals surface area contributed by atoms with Crippen LogP contribution in [0.25, 0.3) is 0 Å². The van der Waals surface area contributed by atoms with Crippen molar-refractivity contribution in [2.45, 2.75) is 96.5 Å². The third-order valence-corrected chi connectivity index (χ3v) is 10.2. The fraction of sp³-hybridized carbons (Fsp3) is 0.625. The van der Waals surface area contributed by atoms with Gasteiger partial charge in [-0.05, 0) is 47.5 Å². The van der Waals surface area contributed by atoms with Crippen LogP contribution in [0.3, 0.4) is 0 Å². The third kappa shape index (κ3) is 7.30. The zero-order chi connectivity index (χ0) is 31.7. The van der Waals surface area contributed by atoms with Gasteiger partial charge in [0.2, 0.25) is 11.8 Å². The molecule has 2 heterocycles. The van der Waals surface area contributed by atoms with Crippen LogP contribution < -0.4 is 10.6 Å². The summed E-state index contributed by atoms with van der Waals surface area (Å²) in [6.07, 6.45) is 5.93. The third-order valence-electron chi connectivity index (χ3n) is 8.46. The topological polar surface area (TPSA) is 111 Å². The van der Waals surface area contributed by atoms with Crippen LogP contribution in [0.4, 0.5) is 4.79 Å². The van der Waals surface area contributed by atoms with E-state index in [0.29, 0.717) is 36.5 Å². The quantitative estimate of drug-likeness (QED) is 0.290. The van der Waals surface area contributed by atoms with Crippen LogP contribution in [0.5, 0.6) is 0 Å². The summed E-state index contributed by atoms with van der Waals surface area (Å²) in [7, 11) is 0. The Balaban J connectivity index is 1.55. The highest BCUT2D eigenvalue weighted by Crippen LogP contribution is 2.47. The van der Waals surface area contributed by atoms with Crippen LogP contribution in [0.2, 0.25) is 0 Å². The minimum atomic E-state index is -1.06. The summed E-state index contributed by atoms with van der Waals surface area (Å²) in [6.45, 7) is 12.1. The average molecular weight is 629 g/mol. The largest absolute Gasteiger partial charge is 0.465 e. The Morgan fingerprint density at radius 3 is 2.65 bits per heavy atom. The molecule has 0 aromatic heterocycles. The molecule has 0 saturated carbocycles. The summed E-state index contributed by atoms with van der Waals surface area (Å²) >= 11 is 7.34. The number of carbonyl (C=O) groups excluding carboxylic acids is 2. The Bertz CT molecular complexity index is 1290. The number of ether oxygens (including phenoxy) is 1. The van der Waals surface area contributed by atoms with Gasteiger partial charge in [-0.15, -0.1) is 18.2 Å². The van der Waals surface area contributed by atoms with E-state index in [4.69, 9.17) is 23.4 Å². The lowest BCUT2D eigenvalue weighted by Gasteiger charge is -2.36. The molecule has 3 amide bonds. The molecule has 3 N–H and O–H groups in total. The van der Waals surface area contributed by atoms with Crippen molar-refractivity contribution in [1.29, 1.82) is 0 Å². The second-order valence-electron chi connectivity index (χ2n) is 13.6. The van der Waals surface area contributed by atoms with E-state index < -0.39 is 29.6 Å². The van der Waals surface area contributed by atoms with E-state index in [1.54, 1.807) is 23.6 Å². The molecular formula is C32H44N4O5S2. The van der Waals surface area contributed by atoms with Crippen LogP contribution in [-0.4, -0.2) is 86.3 Å². The van der Waals surface area contributed by atoms with Crippen molar-refractivity contribution < 1.29 is 24.2 Å². The van der Waals surface area contributed by atoms with Crippen LogP contribution in [0.15, 0.2) is 24.3 Å². The molecule has 0 bridgehead atoms. The maximum absolute atomic E-state index is 14.2. The summed E-state index contributed by atoms with van der Waals surface area (Å²) in [5.74, 6) is 2.80. The molecule has 11 heteroatoms. The number of nitrogens with one attached hydrogen (secondary N) is 2. The number of carbonyl (C=O) groups is 3. The first-order chi connectivity index (χ1) is 20.1. The SMILES string of the molecule is C#CCO[C@@H]1Cc2ccccc2[C@@H]1NC(=O)[C@H]1N2C(=O)[C@@H](NC(=S)C(C)N(CC(C)(C)C)C(=O)O)CCS[C@H]2CC1(C)C. The normalized spacial score (nSPS) is 26.9. The van der Waals surface area contributed by atoms with Crippen LogP contribution in [0.1, 0.15) is 71.6 Å². The number of thiocarbonyl (C=S) groups is 1. The van der Waals surface area contributed by atoms with Gasteiger partial charge in [0, 0.05) is 13.0 Å². The van der Waals surface area contributed by atoms with E-state index in [1.165, 1.54) is 4.90 Å². The molecule has 2 saturated heterocycles. The van der Waals surface area contributed by atoms with E-state index in [9.17, 15) is 19.5 Å². The van der Waals surface area contributed by atoms with Gasteiger partial charge >= 0.3 is 6.09 Å². The molecule has 6 atom stereocenters. The maximum atomic E-state index is 14.2. The van der Waals surface area contributed by atoms with Gasteiger partial charge in [-0.1, -0.05) is 77.0 Å². The average Bonchev–Trinajstić information content (AvgIpc) is 3.36. The predicted molar refractivity (Wildman–Crippen MR) is 173 cm³/mol. The van der Waals surface area contributed by atoms with E-state index in [2.05, 4.69) is 16.6 Å². The molecule has 4 rings (SSSR count). The second kappa shape index (κ2) is 13.0. The van der Waals surface area contributed by atoms with Crippen molar-refractivity contribution in [2.24, 2.45) is 10.8 Å².